The van der Waals surface area contributed by atoms with Crippen LogP contribution in [0, 0.1) is 11.7 Å². The Bertz CT molecular complexity index is 1300. The Balaban J connectivity index is 1.10. The van der Waals surface area contributed by atoms with E-state index >= 15 is 0 Å². The van der Waals surface area contributed by atoms with Crippen LogP contribution in [0.25, 0.3) is 11.0 Å². The quantitative estimate of drug-likeness (QED) is 0.537. The number of ether oxygens (including phenoxy) is 1. The van der Waals surface area contributed by atoms with Crippen LogP contribution in [-0.2, 0) is 13.0 Å². The monoisotopic (exact) mass is 494 g/mol. The lowest BCUT2D eigenvalue weighted by Gasteiger charge is -2.28. The first-order valence-electron chi connectivity index (χ1n) is 12.8. The van der Waals surface area contributed by atoms with Gasteiger partial charge in [-0.25, -0.2) is 4.39 Å². The molecule has 3 aromatic rings. The highest BCUT2D eigenvalue weighted by Gasteiger charge is 2.30. The summed E-state index contributed by atoms with van der Waals surface area (Å²) in [4.78, 5) is 22.7. The van der Waals surface area contributed by atoms with Gasteiger partial charge >= 0.3 is 0 Å². The Morgan fingerprint density at radius 2 is 2.06 bits per heavy atom. The number of fused-ring (bicyclic) bond motifs is 1. The van der Waals surface area contributed by atoms with Gasteiger partial charge in [-0.3, -0.25) is 14.8 Å². The Hall–Kier alpha value is -2.45. The van der Waals surface area contributed by atoms with Crippen LogP contribution in [0.15, 0.2) is 40.3 Å². The Morgan fingerprint density at radius 1 is 1.14 bits per heavy atom. The molecular weight excluding hydrogens is 463 g/mol. The molecule has 0 saturated heterocycles. The Labute approximate surface area is 208 Å². The highest BCUT2D eigenvalue weighted by Crippen LogP contribution is 2.38. The van der Waals surface area contributed by atoms with Gasteiger partial charge in [0.2, 0.25) is 0 Å². The molecule has 1 fully saturated rings. The molecule has 184 valence electrons. The number of rotatable bonds is 5. The van der Waals surface area contributed by atoms with Crippen molar-refractivity contribution in [1.29, 1.82) is 0 Å². The van der Waals surface area contributed by atoms with E-state index < -0.39 is 0 Å². The van der Waals surface area contributed by atoms with Crippen molar-refractivity contribution in [2.45, 2.75) is 74.9 Å². The van der Waals surface area contributed by atoms with E-state index in [2.05, 4.69) is 21.4 Å². The van der Waals surface area contributed by atoms with Crippen molar-refractivity contribution in [2.75, 3.05) is 12.4 Å². The van der Waals surface area contributed by atoms with Gasteiger partial charge < -0.3 is 14.6 Å². The zero-order valence-electron chi connectivity index (χ0n) is 19.8. The van der Waals surface area contributed by atoms with E-state index in [4.69, 9.17) is 4.74 Å². The number of hydrogen-bond donors (Lipinski definition) is 1. The summed E-state index contributed by atoms with van der Waals surface area (Å²) in [5, 5.41) is 3.75. The molecule has 0 spiro atoms. The summed E-state index contributed by atoms with van der Waals surface area (Å²) in [5.74, 6) is 2.14. The zero-order chi connectivity index (χ0) is 23.8. The number of thioether (sulfide) groups is 1. The van der Waals surface area contributed by atoms with E-state index in [1.807, 2.05) is 22.5 Å². The first kappa shape index (κ1) is 23.0. The molecule has 1 saturated carbocycles. The molecule has 2 aliphatic heterocycles. The van der Waals surface area contributed by atoms with Crippen LogP contribution in [-0.4, -0.2) is 32.9 Å². The molecule has 0 amide bonds. The minimum atomic E-state index is -0.290. The molecule has 6 nitrogen and oxygen atoms in total. The smallest absolute Gasteiger partial charge is 0.251 e. The molecule has 3 aromatic heterocycles. The fourth-order valence-electron chi connectivity index (χ4n) is 6.05. The molecule has 0 bridgehead atoms. The van der Waals surface area contributed by atoms with Crippen LogP contribution in [0.5, 0.6) is 5.75 Å². The van der Waals surface area contributed by atoms with E-state index in [9.17, 15) is 9.18 Å². The minimum absolute atomic E-state index is 0.0233. The van der Waals surface area contributed by atoms with Gasteiger partial charge in [0.15, 0.2) is 5.75 Å². The lowest BCUT2D eigenvalue weighted by Crippen LogP contribution is -2.31. The standard InChI is InChI=1S/C27H31FN4O2S/c28-22-15-31-23-7-8-26(33)32-20(13-21(22)27(23)32)11-17-3-1-2-4-18(6-5-17)29-14-19-12-25-24(16-30-19)34-9-10-35-25/h7-8,12,15-18,20,29H,1-6,9-11,13-14H2. The van der Waals surface area contributed by atoms with Gasteiger partial charge in [0.05, 0.1) is 40.6 Å². The summed E-state index contributed by atoms with van der Waals surface area (Å²) >= 11 is 1.84. The zero-order valence-corrected chi connectivity index (χ0v) is 20.7. The summed E-state index contributed by atoms with van der Waals surface area (Å²) in [6.07, 6.45) is 11.7. The number of nitrogens with zero attached hydrogens (tertiary/aromatic N) is 3. The number of aromatic nitrogens is 3. The number of halogens is 1. The van der Waals surface area contributed by atoms with Gasteiger partial charge in [-0.1, -0.05) is 19.3 Å². The molecule has 1 aliphatic carbocycles. The Morgan fingerprint density at radius 3 is 3.00 bits per heavy atom. The van der Waals surface area contributed by atoms with Gasteiger partial charge in [-0.05, 0) is 50.2 Å². The molecule has 5 heterocycles. The predicted molar refractivity (Wildman–Crippen MR) is 136 cm³/mol. The molecule has 35 heavy (non-hydrogen) atoms. The van der Waals surface area contributed by atoms with Crippen LogP contribution in [0.4, 0.5) is 4.39 Å². The number of pyridine rings is 3. The number of hydrogen-bond acceptors (Lipinski definition) is 6. The van der Waals surface area contributed by atoms with E-state index in [1.165, 1.54) is 36.8 Å². The molecule has 8 heteroatoms. The molecule has 3 aliphatic rings. The second-order valence-electron chi connectivity index (χ2n) is 10.1. The average molecular weight is 495 g/mol. The number of nitrogens with one attached hydrogen (secondary N) is 1. The maximum absolute atomic E-state index is 14.5. The van der Waals surface area contributed by atoms with Crippen molar-refractivity contribution in [3.63, 3.8) is 0 Å². The maximum atomic E-state index is 14.5. The normalized spacial score (nSPS) is 24.0. The molecule has 3 unspecified atom stereocenters. The average Bonchev–Trinajstić information content (AvgIpc) is 3.25. The van der Waals surface area contributed by atoms with Crippen molar-refractivity contribution in [3.8, 4) is 5.75 Å². The summed E-state index contributed by atoms with van der Waals surface area (Å²) in [6.45, 7) is 1.52. The van der Waals surface area contributed by atoms with Crippen LogP contribution in [0.3, 0.4) is 0 Å². The predicted octanol–water partition coefficient (Wildman–Crippen LogP) is 5.03. The third-order valence-electron chi connectivity index (χ3n) is 7.80. The molecule has 3 atom stereocenters. The van der Waals surface area contributed by atoms with Gasteiger partial charge in [-0.15, -0.1) is 11.8 Å². The van der Waals surface area contributed by atoms with Gasteiger partial charge in [0.25, 0.3) is 5.56 Å². The van der Waals surface area contributed by atoms with E-state index in [0.29, 0.717) is 35.0 Å². The van der Waals surface area contributed by atoms with Crippen molar-refractivity contribution in [2.24, 2.45) is 5.92 Å². The third-order valence-corrected chi connectivity index (χ3v) is 8.80. The van der Waals surface area contributed by atoms with Crippen molar-refractivity contribution < 1.29 is 9.13 Å². The highest BCUT2D eigenvalue weighted by molar-refractivity contribution is 7.99. The highest BCUT2D eigenvalue weighted by atomic mass is 32.2. The fraction of sp³-hybridized carbons (Fsp3) is 0.519. The van der Waals surface area contributed by atoms with Crippen LogP contribution < -0.4 is 15.6 Å². The molecule has 1 N–H and O–H groups in total. The van der Waals surface area contributed by atoms with E-state index in [1.54, 1.807) is 12.1 Å². The molecule has 6 rings (SSSR count). The van der Waals surface area contributed by atoms with Crippen LogP contribution in [0.2, 0.25) is 0 Å². The Kier molecular flexibility index (Phi) is 6.50. The van der Waals surface area contributed by atoms with Crippen LogP contribution in [0.1, 0.15) is 62.2 Å². The molecule has 0 radical (unpaired) electrons. The van der Waals surface area contributed by atoms with Crippen molar-refractivity contribution >= 4 is 22.8 Å². The fourth-order valence-corrected chi connectivity index (χ4v) is 6.91. The molecular formula is C27H31FN4O2S. The summed E-state index contributed by atoms with van der Waals surface area (Å²) < 4.78 is 22.0. The lowest BCUT2D eigenvalue weighted by atomic mass is 9.84. The minimum Gasteiger partial charge on any atom is -0.490 e. The SMILES string of the molecule is O=c1ccc2ncc(F)c3c2n1C(CC1CCCCC(NCc2cc4c(cn2)OCCS4)CC1)C3. The van der Waals surface area contributed by atoms with Gasteiger partial charge in [0.1, 0.15) is 5.82 Å². The summed E-state index contributed by atoms with van der Waals surface area (Å²) in [7, 11) is 0. The van der Waals surface area contributed by atoms with Crippen molar-refractivity contribution in [1.82, 2.24) is 19.9 Å². The molecule has 0 aromatic carbocycles. The third kappa shape index (κ3) is 4.70. The summed E-state index contributed by atoms with van der Waals surface area (Å²) in [6, 6.07) is 5.94. The summed E-state index contributed by atoms with van der Waals surface area (Å²) in [5.41, 5.74) is 3.09. The maximum Gasteiger partial charge on any atom is 0.251 e. The van der Waals surface area contributed by atoms with Gasteiger partial charge in [0, 0.05) is 36.0 Å². The first-order chi connectivity index (χ1) is 17.2. The first-order valence-corrected chi connectivity index (χ1v) is 13.8. The topological polar surface area (TPSA) is 69.0 Å². The van der Waals surface area contributed by atoms with E-state index in [0.717, 1.165) is 49.6 Å². The van der Waals surface area contributed by atoms with E-state index in [-0.39, 0.29) is 17.4 Å². The van der Waals surface area contributed by atoms with Crippen LogP contribution >= 0.6 is 11.8 Å². The second kappa shape index (κ2) is 9.90. The van der Waals surface area contributed by atoms with Crippen molar-refractivity contribution in [3.05, 3.63) is 58.0 Å². The largest absolute Gasteiger partial charge is 0.490 e. The second-order valence-corrected chi connectivity index (χ2v) is 11.2. The van der Waals surface area contributed by atoms with Gasteiger partial charge in [-0.2, -0.15) is 0 Å². The lowest BCUT2D eigenvalue weighted by molar-refractivity contribution is 0.279.